The maximum absolute atomic E-state index is 11.5. The van der Waals surface area contributed by atoms with E-state index in [-0.39, 0.29) is 11.7 Å². The van der Waals surface area contributed by atoms with Crippen molar-refractivity contribution in [2.45, 2.75) is 51.8 Å². The van der Waals surface area contributed by atoms with E-state index in [1.807, 2.05) is 13.8 Å². The van der Waals surface area contributed by atoms with E-state index in [1.54, 1.807) is 0 Å². The average Bonchev–Trinajstić information content (AvgIpc) is 2.18. The summed E-state index contributed by atoms with van der Waals surface area (Å²) in [5, 5.41) is 18.0. The lowest BCUT2D eigenvalue weighted by Gasteiger charge is -2.27. The topological polar surface area (TPSA) is 57.5 Å². The Bertz CT molecular complexity index is 208. The molecule has 3 nitrogen and oxygen atoms in total. The molecular weight excluding hydrogens is 191 g/mol. The molecular formula is C11H21BO3. The number of carbonyl (C=O) groups is 1. The number of hydrogen-bond donors (Lipinski definition) is 2. The molecule has 0 heterocycles. The number of carbonyl (C=O) groups excluding carboxylic acids is 1. The molecule has 0 spiro atoms. The molecule has 0 aromatic carbocycles. The van der Waals surface area contributed by atoms with Crippen LogP contribution in [0.5, 0.6) is 0 Å². The molecule has 15 heavy (non-hydrogen) atoms. The van der Waals surface area contributed by atoms with Crippen LogP contribution >= 0.6 is 0 Å². The molecule has 86 valence electrons. The van der Waals surface area contributed by atoms with Gasteiger partial charge in [-0.05, 0) is 11.7 Å². The minimum atomic E-state index is -1.17. The number of ketones is 1. The van der Waals surface area contributed by atoms with E-state index in [0.717, 1.165) is 25.7 Å². The summed E-state index contributed by atoms with van der Waals surface area (Å²) in [7, 11) is -1.17. The van der Waals surface area contributed by atoms with E-state index in [9.17, 15) is 4.79 Å². The first-order valence-corrected chi connectivity index (χ1v) is 5.89. The Hall–Kier alpha value is -0.345. The lowest BCUT2D eigenvalue weighted by atomic mass is 9.63. The van der Waals surface area contributed by atoms with Crippen molar-refractivity contribution in [3.8, 4) is 0 Å². The summed E-state index contributed by atoms with van der Waals surface area (Å²) in [6.07, 6.45) is 4.27. The van der Waals surface area contributed by atoms with Gasteiger partial charge in [-0.1, -0.05) is 39.5 Å². The summed E-state index contributed by atoms with van der Waals surface area (Å²) < 4.78 is 0. The fraction of sp³-hybridized carbons (Fsp3) is 0.909. The Balaban J connectivity index is 2.29. The van der Waals surface area contributed by atoms with E-state index >= 15 is 0 Å². The van der Waals surface area contributed by atoms with Gasteiger partial charge in [0.15, 0.2) is 0 Å². The van der Waals surface area contributed by atoms with Crippen LogP contribution in [0.1, 0.15) is 46.0 Å². The van der Waals surface area contributed by atoms with Crippen molar-refractivity contribution in [1.82, 2.24) is 0 Å². The molecule has 1 aliphatic rings. The maximum atomic E-state index is 11.5. The van der Waals surface area contributed by atoms with Crippen molar-refractivity contribution in [2.75, 3.05) is 0 Å². The van der Waals surface area contributed by atoms with Crippen LogP contribution in [-0.2, 0) is 4.79 Å². The lowest BCUT2D eigenvalue weighted by Crippen LogP contribution is -2.26. The Morgan fingerprint density at radius 1 is 1.27 bits per heavy atom. The van der Waals surface area contributed by atoms with Crippen molar-refractivity contribution < 1.29 is 14.8 Å². The molecule has 0 atom stereocenters. The summed E-state index contributed by atoms with van der Waals surface area (Å²) >= 11 is 0. The predicted octanol–water partition coefficient (Wildman–Crippen LogP) is 1.63. The third kappa shape index (κ3) is 3.96. The van der Waals surface area contributed by atoms with E-state index < -0.39 is 7.12 Å². The van der Waals surface area contributed by atoms with Crippen LogP contribution in [-0.4, -0.2) is 22.9 Å². The summed E-state index contributed by atoms with van der Waals surface area (Å²) in [5.41, 5.74) is 0. The molecule has 0 aromatic heterocycles. The van der Waals surface area contributed by atoms with Crippen LogP contribution in [0.2, 0.25) is 5.82 Å². The smallest absolute Gasteiger partial charge is 0.427 e. The standard InChI is InChI=1S/C11H21BO3/c1-8(2)11(13)7-9-3-5-10(6-4-9)12(14)15/h8-10,14-15H,3-7H2,1-2H3. The van der Waals surface area contributed by atoms with Gasteiger partial charge in [-0.15, -0.1) is 0 Å². The zero-order valence-electron chi connectivity index (χ0n) is 9.65. The minimum Gasteiger partial charge on any atom is -0.427 e. The highest BCUT2D eigenvalue weighted by Crippen LogP contribution is 2.35. The van der Waals surface area contributed by atoms with Gasteiger partial charge in [-0.3, -0.25) is 4.79 Å². The zero-order valence-corrected chi connectivity index (χ0v) is 9.65. The first kappa shape index (κ1) is 12.7. The molecule has 1 saturated carbocycles. The molecule has 1 rings (SSSR count). The van der Waals surface area contributed by atoms with Crippen LogP contribution < -0.4 is 0 Å². The van der Waals surface area contributed by atoms with Crippen molar-refractivity contribution in [3.63, 3.8) is 0 Å². The molecule has 0 amide bonds. The Morgan fingerprint density at radius 3 is 2.20 bits per heavy atom. The monoisotopic (exact) mass is 212 g/mol. The molecule has 0 aromatic rings. The fourth-order valence-electron chi connectivity index (χ4n) is 2.21. The van der Waals surface area contributed by atoms with E-state index in [1.165, 1.54) is 0 Å². The molecule has 0 radical (unpaired) electrons. The van der Waals surface area contributed by atoms with Gasteiger partial charge in [0.25, 0.3) is 0 Å². The first-order valence-electron chi connectivity index (χ1n) is 5.89. The van der Waals surface area contributed by atoms with Gasteiger partial charge in [-0.2, -0.15) is 0 Å². The van der Waals surface area contributed by atoms with Crippen LogP contribution in [0.25, 0.3) is 0 Å². The van der Waals surface area contributed by atoms with E-state index in [4.69, 9.17) is 10.0 Å². The lowest BCUT2D eigenvalue weighted by molar-refractivity contribution is -0.123. The molecule has 1 fully saturated rings. The summed E-state index contributed by atoms with van der Waals surface area (Å²) in [6.45, 7) is 3.87. The molecule has 4 heteroatoms. The van der Waals surface area contributed by atoms with Gasteiger partial charge in [0.05, 0.1) is 0 Å². The highest BCUT2D eigenvalue weighted by atomic mass is 16.4. The predicted molar refractivity (Wildman–Crippen MR) is 60.4 cm³/mol. The molecule has 1 aliphatic carbocycles. The first-order chi connectivity index (χ1) is 7.00. The Labute approximate surface area is 92.0 Å². The summed E-state index contributed by atoms with van der Waals surface area (Å²) in [5.74, 6) is 0.958. The quantitative estimate of drug-likeness (QED) is 0.696. The SMILES string of the molecule is CC(C)C(=O)CC1CCC(B(O)O)CC1. The van der Waals surface area contributed by atoms with Gasteiger partial charge in [-0.25, -0.2) is 0 Å². The van der Waals surface area contributed by atoms with Crippen molar-refractivity contribution >= 4 is 12.9 Å². The summed E-state index contributed by atoms with van der Waals surface area (Å²) in [4.78, 5) is 11.5. The molecule has 0 unspecified atom stereocenters. The van der Waals surface area contributed by atoms with Crippen molar-refractivity contribution in [1.29, 1.82) is 0 Å². The Morgan fingerprint density at radius 2 is 1.80 bits per heavy atom. The zero-order chi connectivity index (χ0) is 11.4. The largest absolute Gasteiger partial charge is 0.454 e. The molecule has 0 bridgehead atoms. The number of rotatable bonds is 4. The highest BCUT2D eigenvalue weighted by molar-refractivity contribution is 6.43. The molecule has 0 aliphatic heterocycles. The van der Waals surface area contributed by atoms with E-state index in [0.29, 0.717) is 18.1 Å². The third-order valence-electron chi connectivity index (χ3n) is 3.45. The number of hydrogen-bond acceptors (Lipinski definition) is 3. The van der Waals surface area contributed by atoms with Gasteiger partial charge in [0.2, 0.25) is 0 Å². The second kappa shape index (κ2) is 5.66. The normalized spacial score (nSPS) is 26.7. The van der Waals surface area contributed by atoms with Gasteiger partial charge in [0, 0.05) is 12.3 Å². The van der Waals surface area contributed by atoms with Crippen molar-refractivity contribution in [3.05, 3.63) is 0 Å². The second-order valence-corrected chi connectivity index (χ2v) is 5.02. The number of Topliss-reactive ketones (excluding diaryl/α,β-unsaturated/α-hetero) is 1. The van der Waals surface area contributed by atoms with Crippen molar-refractivity contribution in [2.24, 2.45) is 11.8 Å². The van der Waals surface area contributed by atoms with Gasteiger partial charge in [0.1, 0.15) is 5.78 Å². The molecule has 2 N–H and O–H groups in total. The van der Waals surface area contributed by atoms with Gasteiger partial charge >= 0.3 is 7.12 Å². The van der Waals surface area contributed by atoms with Gasteiger partial charge < -0.3 is 10.0 Å². The average molecular weight is 212 g/mol. The van der Waals surface area contributed by atoms with Crippen LogP contribution in [0, 0.1) is 11.8 Å². The fourth-order valence-corrected chi connectivity index (χ4v) is 2.21. The second-order valence-electron chi connectivity index (χ2n) is 5.02. The van der Waals surface area contributed by atoms with Crippen LogP contribution in [0.15, 0.2) is 0 Å². The van der Waals surface area contributed by atoms with Crippen LogP contribution in [0.3, 0.4) is 0 Å². The maximum Gasteiger partial charge on any atom is 0.454 e. The Kier molecular flexibility index (Phi) is 4.80. The third-order valence-corrected chi connectivity index (χ3v) is 3.45. The highest BCUT2D eigenvalue weighted by Gasteiger charge is 2.30. The molecule has 0 saturated heterocycles. The van der Waals surface area contributed by atoms with E-state index in [2.05, 4.69) is 0 Å². The minimum absolute atomic E-state index is 0.0235. The van der Waals surface area contributed by atoms with Crippen LogP contribution in [0.4, 0.5) is 0 Å². The summed E-state index contributed by atoms with van der Waals surface area (Å²) in [6, 6.07) is 0.